The minimum Gasteiger partial charge on any atom is -0.369 e. The van der Waals surface area contributed by atoms with E-state index in [1.165, 1.54) is 0 Å². The lowest BCUT2D eigenvalue weighted by molar-refractivity contribution is 0.262. The Morgan fingerprint density at radius 3 is 2.58 bits per heavy atom. The highest BCUT2D eigenvalue weighted by atomic mass is 16.2. The molecule has 1 heterocycles. The molecule has 0 saturated carbocycles. The number of rotatable bonds is 6. The maximum absolute atomic E-state index is 12.3. The number of likely N-dealkylation sites (N-methyl/N-ethyl adjacent to an activating group) is 1. The van der Waals surface area contributed by atoms with Crippen LogP contribution < -0.4 is 21.3 Å². The van der Waals surface area contributed by atoms with Crippen LogP contribution in [0.5, 0.6) is 0 Å². The maximum Gasteiger partial charge on any atom is 0.326 e. The highest BCUT2D eigenvalue weighted by molar-refractivity contribution is 6.00. The third kappa shape index (κ3) is 4.67. The van der Waals surface area contributed by atoms with Crippen molar-refractivity contribution in [3.63, 3.8) is 0 Å². The molecule has 7 nitrogen and oxygen atoms in total. The topological polar surface area (TPSA) is 91.0 Å². The van der Waals surface area contributed by atoms with Gasteiger partial charge >= 0.3 is 6.03 Å². The molecule has 0 fully saturated rings. The molecule has 0 saturated heterocycles. The lowest BCUT2D eigenvalue weighted by Gasteiger charge is -2.10. The Hall–Kier alpha value is -3.19. The van der Waals surface area contributed by atoms with Gasteiger partial charge in [-0.1, -0.05) is 30.3 Å². The lowest BCUT2D eigenvalue weighted by atomic mass is 10.1. The summed E-state index contributed by atoms with van der Waals surface area (Å²) < 4.78 is 0. The number of nitrogens with zero attached hydrogens (tertiary/aromatic N) is 2. The summed E-state index contributed by atoms with van der Waals surface area (Å²) in [6.45, 7) is 3.40. The molecule has 0 aliphatic carbocycles. The molecule has 1 aromatic heterocycles. The zero-order valence-electron chi connectivity index (χ0n) is 14.8. The number of aromatic nitrogens is 2. The van der Waals surface area contributed by atoms with E-state index in [0.29, 0.717) is 11.5 Å². The fourth-order valence-electron chi connectivity index (χ4n) is 2.56. The molecule has 0 bridgehead atoms. The Labute approximate surface area is 152 Å². The third-order valence-corrected chi connectivity index (χ3v) is 3.77. The van der Waals surface area contributed by atoms with Crippen molar-refractivity contribution >= 4 is 34.3 Å². The molecule has 0 aliphatic rings. The van der Waals surface area contributed by atoms with E-state index in [-0.39, 0.29) is 12.0 Å². The number of urea groups is 1. The molecule has 2 aromatic carbocycles. The van der Waals surface area contributed by atoms with Crippen molar-refractivity contribution in [2.75, 3.05) is 36.1 Å². The Kier molecular flexibility index (Phi) is 5.60. The lowest BCUT2D eigenvalue weighted by Crippen LogP contribution is -2.22. The van der Waals surface area contributed by atoms with Crippen LogP contribution in [0.1, 0.15) is 5.69 Å². The number of hydrogen-bond donors (Lipinski definition) is 4. The van der Waals surface area contributed by atoms with E-state index in [0.717, 1.165) is 29.6 Å². The van der Waals surface area contributed by atoms with Gasteiger partial charge in [-0.2, -0.15) is 4.98 Å². The molecule has 0 aliphatic heterocycles. The number of fused-ring (bicyclic) bond motifs is 1. The summed E-state index contributed by atoms with van der Waals surface area (Å²) in [7, 11) is 1.89. The number of aryl methyl sites for hydroxylation is 1. The molecule has 0 unspecified atom stereocenters. The monoisotopic (exact) mass is 350 g/mol. The van der Waals surface area contributed by atoms with E-state index < -0.39 is 0 Å². The minimum absolute atomic E-state index is 0.259. The molecular formula is C19H22N6O. The molecule has 134 valence electrons. The first-order valence-corrected chi connectivity index (χ1v) is 8.45. The maximum atomic E-state index is 12.3. The van der Waals surface area contributed by atoms with E-state index in [1.54, 1.807) is 0 Å². The van der Waals surface area contributed by atoms with Crippen molar-refractivity contribution in [3.05, 3.63) is 54.2 Å². The quantitative estimate of drug-likeness (QED) is 0.513. The normalized spacial score (nSPS) is 10.5. The standard InChI is InChI=1S/C19H22N6O/c1-13-11-17(21-10-9-20-2)24-18(22-13)25-19(26)23-16-8-7-14-5-3-4-6-15(14)12-16/h3-8,11-12,20H,9-10H2,1-2H3,(H3,21,22,23,24,25,26). The highest BCUT2D eigenvalue weighted by Gasteiger charge is 2.07. The summed E-state index contributed by atoms with van der Waals surface area (Å²) >= 11 is 0. The summed E-state index contributed by atoms with van der Waals surface area (Å²) in [5, 5.41) is 13.9. The molecule has 0 spiro atoms. The number of amides is 2. The fraction of sp³-hybridized carbons (Fsp3) is 0.211. The van der Waals surface area contributed by atoms with Gasteiger partial charge in [-0.3, -0.25) is 5.32 Å². The first-order valence-electron chi connectivity index (χ1n) is 8.45. The second-order valence-electron chi connectivity index (χ2n) is 5.89. The second kappa shape index (κ2) is 8.26. The summed E-state index contributed by atoms with van der Waals surface area (Å²) in [6.07, 6.45) is 0. The minimum atomic E-state index is -0.382. The number of anilines is 3. The molecule has 0 radical (unpaired) electrons. The first kappa shape index (κ1) is 17.6. The van der Waals surface area contributed by atoms with Crippen molar-refractivity contribution < 1.29 is 4.79 Å². The van der Waals surface area contributed by atoms with Crippen LogP contribution in [0.25, 0.3) is 10.8 Å². The van der Waals surface area contributed by atoms with E-state index in [1.807, 2.05) is 62.5 Å². The van der Waals surface area contributed by atoms with Gasteiger partial charge in [-0.15, -0.1) is 0 Å². The Balaban J connectivity index is 1.66. The molecule has 3 rings (SSSR count). The van der Waals surface area contributed by atoms with Crippen LogP contribution in [-0.2, 0) is 0 Å². The molecule has 3 aromatic rings. The van der Waals surface area contributed by atoms with Crippen LogP contribution in [0.2, 0.25) is 0 Å². The SMILES string of the molecule is CNCCNc1cc(C)nc(NC(=O)Nc2ccc3ccccc3c2)n1. The van der Waals surface area contributed by atoms with Gasteiger partial charge in [0.05, 0.1) is 0 Å². The van der Waals surface area contributed by atoms with Crippen molar-refractivity contribution in [3.8, 4) is 0 Å². The summed E-state index contributed by atoms with van der Waals surface area (Å²) in [6, 6.07) is 15.2. The predicted molar refractivity (Wildman–Crippen MR) is 106 cm³/mol. The second-order valence-corrected chi connectivity index (χ2v) is 5.89. The van der Waals surface area contributed by atoms with E-state index in [4.69, 9.17) is 0 Å². The van der Waals surface area contributed by atoms with Gasteiger partial charge in [0.2, 0.25) is 5.95 Å². The van der Waals surface area contributed by atoms with Crippen molar-refractivity contribution in [2.24, 2.45) is 0 Å². The molecule has 0 atom stereocenters. The van der Waals surface area contributed by atoms with E-state index >= 15 is 0 Å². The summed E-state index contributed by atoms with van der Waals surface area (Å²) in [5.41, 5.74) is 1.48. The van der Waals surface area contributed by atoms with Gasteiger partial charge in [0.1, 0.15) is 5.82 Å². The predicted octanol–water partition coefficient (Wildman–Crippen LogP) is 3.21. The Morgan fingerprint density at radius 2 is 1.77 bits per heavy atom. The number of nitrogens with one attached hydrogen (secondary N) is 4. The van der Waals surface area contributed by atoms with Crippen molar-refractivity contribution in [1.29, 1.82) is 0 Å². The zero-order valence-corrected chi connectivity index (χ0v) is 14.8. The number of carbonyl (C=O) groups is 1. The number of benzene rings is 2. The number of carbonyl (C=O) groups excluding carboxylic acids is 1. The first-order chi connectivity index (χ1) is 12.6. The largest absolute Gasteiger partial charge is 0.369 e. The van der Waals surface area contributed by atoms with Crippen LogP contribution in [0.15, 0.2) is 48.5 Å². The van der Waals surface area contributed by atoms with Crippen molar-refractivity contribution in [1.82, 2.24) is 15.3 Å². The van der Waals surface area contributed by atoms with Gasteiger partial charge in [0, 0.05) is 30.5 Å². The van der Waals surface area contributed by atoms with Crippen LogP contribution in [0.3, 0.4) is 0 Å². The highest BCUT2D eigenvalue weighted by Crippen LogP contribution is 2.19. The van der Waals surface area contributed by atoms with Gasteiger partial charge in [0.15, 0.2) is 0 Å². The molecule has 7 heteroatoms. The Bertz CT molecular complexity index is 911. The summed E-state index contributed by atoms with van der Waals surface area (Å²) in [4.78, 5) is 20.8. The van der Waals surface area contributed by atoms with E-state index in [9.17, 15) is 4.79 Å². The molecule has 26 heavy (non-hydrogen) atoms. The average Bonchev–Trinajstić information content (AvgIpc) is 2.61. The molecule has 2 amide bonds. The van der Waals surface area contributed by atoms with Crippen LogP contribution in [0.4, 0.5) is 22.2 Å². The van der Waals surface area contributed by atoms with Gasteiger partial charge in [-0.25, -0.2) is 9.78 Å². The average molecular weight is 350 g/mol. The molecular weight excluding hydrogens is 328 g/mol. The molecule has 4 N–H and O–H groups in total. The van der Waals surface area contributed by atoms with Crippen LogP contribution >= 0.6 is 0 Å². The van der Waals surface area contributed by atoms with E-state index in [2.05, 4.69) is 31.2 Å². The van der Waals surface area contributed by atoms with Crippen molar-refractivity contribution in [2.45, 2.75) is 6.92 Å². The van der Waals surface area contributed by atoms with Gasteiger partial charge in [-0.05, 0) is 36.9 Å². The number of hydrogen-bond acceptors (Lipinski definition) is 5. The summed E-state index contributed by atoms with van der Waals surface area (Å²) in [5.74, 6) is 0.934. The third-order valence-electron chi connectivity index (χ3n) is 3.77. The zero-order chi connectivity index (χ0) is 18.4. The smallest absolute Gasteiger partial charge is 0.326 e. The van der Waals surface area contributed by atoms with Gasteiger partial charge in [0.25, 0.3) is 0 Å². The van der Waals surface area contributed by atoms with Crippen LogP contribution in [-0.4, -0.2) is 36.1 Å². The fourth-order valence-corrected chi connectivity index (χ4v) is 2.56. The Morgan fingerprint density at radius 1 is 0.962 bits per heavy atom. The van der Waals surface area contributed by atoms with Gasteiger partial charge < -0.3 is 16.0 Å². The van der Waals surface area contributed by atoms with Crippen LogP contribution in [0, 0.1) is 6.92 Å².